The molecule has 0 amide bonds. The van der Waals surface area contributed by atoms with E-state index in [9.17, 15) is 0 Å². The van der Waals surface area contributed by atoms with Crippen LogP contribution in [0.1, 0.15) is 96.8 Å². The second-order valence-corrected chi connectivity index (χ2v) is 8.38. The van der Waals surface area contributed by atoms with Gasteiger partial charge in [-0.15, -0.1) is 0 Å². The SMILES string of the molecule is C=C(CCCCCCCCCCCCCCC)C(Cl)(Cl)Cl. The van der Waals surface area contributed by atoms with Crippen LogP contribution in [0, 0.1) is 0 Å². The third-order valence-corrected chi connectivity index (χ3v) is 4.78. The molecule has 0 spiro atoms. The van der Waals surface area contributed by atoms with Crippen LogP contribution < -0.4 is 0 Å². The van der Waals surface area contributed by atoms with E-state index in [1.165, 1.54) is 77.0 Å². The molecule has 21 heavy (non-hydrogen) atoms. The summed E-state index contributed by atoms with van der Waals surface area (Å²) in [6.45, 7) is 6.10. The van der Waals surface area contributed by atoms with Crippen LogP contribution in [0.5, 0.6) is 0 Å². The third-order valence-electron chi connectivity index (χ3n) is 3.98. The van der Waals surface area contributed by atoms with Crippen molar-refractivity contribution in [2.45, 2.75) is 101 Å². The normalized spacial score (nSPS) is 11.8. The molecule has 0 radical (unpaired) electrons. The zero-order chi connectivity index (χ0) is 16.0. The van der Waals surface area contributed by atoms with Gasteiger partial charge in [0.05, 0.1) is 0 Å². The van der Waals surface area contributed by atoms with Crippen molar-refractivity contribution in [1.29, 1.82) is 0 Å². The van der Waals surface area contributed by atoms with E-state index in [0.29, 0.717) is 0 Å². The molecule has 0 aromatic rings. The molecule has 126 valence electrons. The van der Waals surface area contributed by atoms with Gasteiger partial charge in [-0.05, 0) is 18.4 Å². The summed E-state index contributed by atoms with van der Waals surface area (Å²) in [7, 11) is 0. The van der Waals surface area contributed by atoms with Gasteiger partial charge in [-0.3, -0.25) is 0 Å². The van der Waals surface area contributed by atoms with Crippen molar-refractivity contribution in [1.82, 2.24) is 0 Å². The highest BCUT2D eigenvalue weighted by atomic mass is 35.6. The topological polar surface area (TPSA) is 0 Å². The van der Waals surface area contributed by atoms with E-state index in [-0.39, 0.29) is 0 Å². The summed E-state index contributed by atoms with van der Waals surface area (Å²) in [4.78, 5) is 0. The molecule has 0 N–H and O–H groups in total. The molecule has 0 fully saturated rings. The van der Waals surface area contributed by atoms with E-state index in [0.717, 1.165) is 18.4 Å². The maximum atomic E-state index is 5.77. The molecular formula is C18H33Cl3. The van der Waals surface area contributed by atoms with Gasteiger partial charge < -0.3 is 0 Å². The minimum absolute atomic E-state index is 0.718. The summed E-state index contributed by atoms with van der Waals surface area (Å²) in [5.41, 5.74) is 0.718. The molecular weight excluding hydrogens is 323 g/mol. The van der Waals surface area contributed by atoms with E-state index in [1.807, 2.05) is 0 Å². The van der Waals surface area contributed by atoms with Gasteiger partial charge in [-0.2, -0.15) is 0 Å². The van der Waals surface area contributed by atoms with Crippen LogP contribution in [0.4, 0.5) is 0 Å². The van der Waals surface area contributed by atoms with Gasteiger partial charge >= 0.3 is 0 Å². The Bertz CT molecular complexity index is 243. The molecule has 0 rings (SSSR count). The minimum atomic E-state index is -1.28. The third kappa shape index (κ3) is 15.3. The first kappa shape index (κ1) is 21.6. The Labute approximate surface area is 147 Å². The largest absolute Gasteiger partial charge is 0.211 e. The van der Waals surface area contributed by atoms with Crippen molar-refractivity contribution < 1.29 is 0 Å². The number of alkyl halides is 3. The zero-order valence-electron chi connectivity index (χ0n) is 13.7. The maximum absolute atomic E-state index is 5.77. The molecule has 0 aliphatic heterocycles. The van der Waals surface area contributed by atoms with Gasteiger partial charge in [0.1, 0.15) is 0 Å². The van der Waals surface area contributed by atoms with Crippen LogP contribution in [-0.4, -0.2) is 3.79 Å². The Kier molecular flexibility index (Phi) is 14.6. The van der Waals surface area contributed by atoms with Crippen LogP contribution in [-0.2, 0) is 0 Å². The maximum Gasteiger partial charge on any atom is 0.211 e. The van der Waals surface area contributed by atoms with Gasteiger partial charge in [0.2, 0.25) is 3.79 Å². The average Bonchev–Trinajstić information content (AvgIpc) is 2.42. The lowest BCUT2D eigenvalue weighted by Gasteiger charge is -2.13. The van der Waals surface area contributed by atoms with Crippen LogP contribution in [0.2, 0.25) is 0 Å². The molecule has 0 aromatic heterocycles. The number of hydrogen-bond acceptors (Lipinski definition) is 0. The first-order valence-electron chi connectivity index (χ1n) is 8.73. The van der Waals surface area contributed by atoms with Crippen LogP contribution in [0.3, 0.4) is 0 Å². The van der Waals surface area contributed by atoms with Crippen LogP contribution >= 0.6 is 34.8 Å². The van der Waals surface area contributed by atoms with Crippen molar-refractivity contribution in [3.8, 4) is 0 Å². The lowest BCUT2D eigenvalue weighted by Crippen LogP contribution is -2.05. The van der Waals surface area contributed by atoms with E-state index in [1.54, 1.807) is 0 Å². The van der Waals surface area contributed by atoms with Gasteiger partial charge in [-0.25, -0.2) is 0 Å². The fraction of sp³-hybridized carbons (Fsp3) is 0.889. The Morgan fingerprint density at radius 1 is 0.667 bits per heavy atom. The Hall–Kier alpha value is 0.610. The standard InChI is InChI=1S/C18H33Cl3/c1-3-4-5-6-7-8-9-10-11-12-13-14-15-16-17(2)18(19,20)21/h2-16H2,1H3. The predicted molar refractivity (Wildman–Crippen MR) is 99.7 cm³/mol. The summed E-state index contributed by atoms with van der Waals surface area (Å²) in [6, 6.07) is 0. The molecule has 0 bridgehead atoms. The Morgan fingerprint density at radius 2 is 1.00 bits per heavy atom. The van der Waals surface area contributed by atoms with E-state index in [4.69, 9.17) is 34.8 Å². The van der Waals surface area contributed by atoms with Crippen molar-refractivity contribution in [3.63, 3.8) is 0 Å². The van der Waals surface area contributed by atoms with E-state index >= 15 is 0 Å². The van der Waals surface area contributed by atoms with Crippen LogP contribution in [0.25, 0.3) is 0 Å². The molecule has 0 aliphatic carbocycles. The monoisotopic (exact) mass is 354 g/mol. The van der Waals surface area contributed by atoms with Gasteiger partial charge in [0, 0.05) is 0 Å². The van der Waals surface area contributed by atoms with Gasteiger partial charge in [0.15, 0.2) is 0 Å². The van der Waals surface area contributed by atoms with Gasteiger partial charge in [-0.1, -0.05) is 125 Å². The molecule has 0 heterocycles. The molecule has 3 heteroatoms. The fourth-order valence-electron chi connectivity index (χ4n) is 2.50. The van der Waals surface area contributed by atoms with Gasteiger partial charge in [0.25, 0.3) is 0 Å². The first-order chi connectivity index (χ1) is 9.98. The Morgan fingerprint density at radius 3 is 1.33 bits per heavy atom. The summed E-state index contributed by atoms with van der Waals surface area (Å²) in [5.74, 6) is 0. The summed E-state index contributed by atoms with van der Waals surface area (Å²) in [6.07, 6.45) is 18.4. The fourth-order valence-corrected chi connectivity index (χ4v) is 2.78. The van der Waals surface area contributed by atoms with Crippen molar-refractivity contribution in [2.24, 2.45) is 0 Å². The molecule has 0 nitrogen and oxygen atoms in total. The number of halogens is 3. The minimum Gasteiger partial charge on any atom is -0.0956 e. The van der Waals surface area contributed by atoms with Crippen LogP contribution in [0.15, 0.2) is 12.2 Å². The molecule has 0 saturated carbocycles. The quantitative estimate of drug-likeness (QED) is 0.167. The highest BCUT2D eigenvalue weighted by molar-refractivity contribution is 6.69. The molecule has 0 aromatic carbocycles. The Balaban J connectivity index is 3.14. The number of hydrogen-bond donors (Lipinski definition) is 0. The molecule has 0 saturated heterocycles. The molecule has 0 aliphatic rings. The van der Waals surface area contributed by atoms with Crippen molar-refractivity contribution in [3.05, 3.63) is 12.2 Å². The number of allylic oxidation sites excluding steroid dienone is 1. The molecule has 0 unspecified atom stereocenters. The van der Waals surface area contributed by atoms with Crippen molar-refractivity contribution >= 4 is 34.8 Å². The number of unbranched alkanes of at least 4 members (excludes halogenated alkanes) is 12. The second-order valence-electron chi connectivity index (χ2n) is 6.09. The number of rotatable bonds is 14. The predicted octanol–water partition coefficient (Wildman–Crippen LogP) is 8.39. The highest BCUT2D eigenvalue weighted by Gasteiger charge is 2.22. The lowest BCUT2D eigenvalue weighted by molar-refractivity contribution is 0.539. The van der Waals surface area contributed by atoms with E-state index < -0.39 is 3.79 Å². The lowest BCUT2D eigenvalue weighted by atomic mass is 10.0. The smallest absolute Gasteiger partial charge is 0.0956 e. The summed E-state index contributed by atoms with van der Waals surface area (Å²) in [5, 5.41) is 0. The first-order valence-corrected chi connectivity index (χ1v) is 9.87. The summed E-state index contributed by atoms with van der Waals surface area (Å²) < 4.78 is -1.28. The highest BCUT2D eigenvalue weighted by Crippen LogP contribution is 2.36. The second kappa shape index (κ2) is 14.2. The van der Waals surface area contributed by atoms with E-state index in [2.05, 4.69) is 13.5 Å². The summed E-state index contributed by atoms with van der Waals surface area (Å²) >= 11 is 17.3. The molecule has 0 atom stereocenters. The zero-order valence-corrected chi connectivity index (χ0v) is 16.0. The van der Waals surface area contributed by atoms with Crippen molar-refractivity contribution in [2.75, 3.05) is 0 Å². The average molecular weight is 356 g/mol.